The molecule has 0 spiro atoms. The Morgan fingerprint density at radius 2 is 1.90 bits per heavy atom. The maximum absolute atomic E-state index is 13.0. The predicted octanol–water partition coefficient (Wildman–Crippen LogP) is 3.39. The molecule has 0 saturated heterocycles. The zero-order chi connectivity index (χ0) is 21.3. The molecule has 0 radical (unpaired) electrons. The van der Waals surface area contributed by atoms with Gasteiger partial charge in [0.25, 0.3) is 0 Å². The van der Waals surface area contributed by atoms with Crippen molar-refractivity contribution >= 4 is 17.3 Å². The van der Waals surface area contributed by atoms with Crippen LogP contribution in [0.5, 0.6) is 0 Å². The number of nitrogens with zero attached hydrogens (tertiary/aromatic N) is 6. The van der Waals surface area contributed by atoms with Gasteiger partial charge in [-0.25, -0.2) is 4.98 Å². The zero-order valence-electron chi connectivity index (χ0n) is 16.1. The Morgan fingerprint density at radius 1 is 1.10 bits per heavy atom. The SMILES string of the molecule is COC(Cc1nnc2cc(-c3ccnc(Nc4ccnn4C)c3)ccn12)C(F)(F)F. The first-order chi connectivity index (χ1) is 14.3. The Kier molecular flexibility index (Phi) is 5.12. The maximum atomic E-state index is 13.0. The van der Waals surface area contributed by atoms with Crippen LogP contribution >= 0.6 is 0 Å². The summed E-state index contributed by atoms with van der Waals surface area (Å²) in [5, 5.41) is 15.2. The largest absolute Gasteiger partial charge is 0.415 e. The summed E-state index contributed by atoms with van der Waals surface area (Å²) in [6.45, 7) is 0. The lowest BCUT2D eigenvalue weighted by molar-refractivity contribution is -0.212. The highest BCUT2D eigenvalue weighted by Crippen LogP contribution is 2.27. The van der Waals surface area contributed by atoms with Crippen molar-refractivity contribution in [3.05, 3.63) is 54.7 Å². The molecule has 156 valence electrons. The molecule has 0 amide bonds. The van der Waals surface area contributed by atoms with E-state index in [0.717, 1.165) is 24.1 Å². The van der Waals surface area contributed by atoms with E-state index in [2.05, 4.69) is 30.3 Å². The van der Waals surface area contributed by atoms with Gasteiger partial charge in [0.05, 0.1) is 6.20 Å². The van der Waals surface area contributed by atoms with Gasteiger partial charge in [0.1, 0.15) is 17.5 Å². The molecule has 0 bridgehead atoms. The first-order valence-corrected chi connectivity index (χ1v) is 9.00. The Balaban J connectivity index is 1.60. The number of aryl methyl sites for hydroxylation is 1. The van der Waals surface area contributed by atoms with Crippen LogP contribution < -0.4 is 5.32 Å². The number of pyridine rings is 2. The van der Waals surface area contributed by atoms with Gasteiger partial charge in [-0.15, -0.1) is 10.2 Å². The maximum Gasteiger partial charge on any atom is 0.415 e. The highest BCUT2D eigenvalue weighted by atomic mass is 19.4. The fraction of sp³-hybridized carbons (Fsp3) is 0.263. The average molecular weight is 417 g/mol. The number of hydrogen-bond donors (Lipinski definition) is 1. The number of alkyl halides is 3. The fourth-order valence-corrected chi connectivity index (χ4v) is 3.06. The highest BCUT2D eigenvalue weighted by molar-refractivity contribution is 5.70. The normalized spacial score (nSPS) is 13.0. The Bertz CT molecular complexity index is 1170. The monoisotopic (exact) mass is 417 g/mol. The van der Waals surface area contributed by atoms with Crippen molar-refractivity contribution in [1.29, 1.82) is 0 Å². The second kappa shape index (κ2) is 7.75. The molecule has 0 aliphatic rings. The van der Waals surface area contributed by atoms with Gasteiger partial charge in [-0.2, -0.15) is 18.3 Å². The molecule has 4 aromatic heterocycles. The van der Waals surface area contributed by atoms with Gasteiger partial charge in [0.2, 0.25) is 0 Å². The van der Waals surface area contributed by atoms with Crippen molar-refractivity contribution in [2.75, 3.05) is 12.4 Å². The van der Waals surface area contributed by atoms with Crippen LogP contribution in [0.2, 0.25) is 0 Å². The van der Waals surface area contributed by atoms with E-state index in [0.29, 0.717) is 11.5 Å². The molecule has 0 fully saturated rings. The van der Waals surface area contributed by atoms with Crippen LogP contribution in [0.3, 0.4) is 0 Å². The summed E-state index contributed by atoms with van der Waals surface area (Å²) in [7, 11) is 2.84. The van der Waals surface area contributed by atoms with Crippen LogP contribution in [0, 0.1) is 0 Å². The molecule has 4 heterocycles. The van der Waals surface area contributed by atoms with E-state index in [1.807, 2.05) is 25.2 Å². The highest BCUT2D eigenvalue weighted by Gasteiger charge is 2.40. The van der Waals surface area contributed by atoms with Crippen LogP contribution in [-0.4, -0.2) is 48.8 Å². The van der Waals surface area contributed by atoms with Crippen molar-refractivity contribution in [3.63, 3.8) is 0 Å². The van der Waals surface area contributed by atoms with E-state index in [1.165, 1.54) is 4.40 Å². The first kappa shape index (κ1) is 19.8. The standard InChI is InChI=1S/C19H18F3N7O/c1-28-16(4-7-24-28)25-15-9-12(3-6-23-15)13-5-8-29-17(10-13)26-27-18(29)11-14(30-2)19(20,21)22/h3-10,14H,11H2,1-2H3,(H,23,25). The number of anilines is 2. The van der Waals surface area contributed by atoms with E-state index < -0.39 is 18.7 Å². The Hall–Kier alpha value is -3.47. The lowest BCUT2D eigenvalue weighted by Crippen LogP contribution is -2.33. The van der Waals surface area contributed by atoms with Gasteiger partial charge in [-0.05, 0) is 35.4 Å². The minimum absolute atomic E-state index is 0.175. The first-order valence-electron chi connectivity index (χ1n) is 9.00. The Morgan fingerprint density at radius 3 is 2.60 bits per heavy atom. The number of aromatic nitrogens is 6. The van der Waals surface area contributed by atoms with Crippen LogP contribution in [-0.2, 0) is 18.2 Å². The molecule has 4 rings (SSSR count). The van der Waals surface area contributed by atoms with Gasteiger partial charge in [0.15, 0.2) is 11.8 Å². The molecule has 1 unspecified atom stereocenters. The molecule has 8 nitrogen and oxygen atoms in total. The van der Waals surface area contributed by atoms with Gasteiger partial charge in [-0.3, -0.25) is 9.08 Å². The summed E-state index contributed by atoms with van der Waals surface area (Å²) in [5.74, 6) is 1.59. The number of nitrogens with one attached hydrogen (secondary N) is 1. The fourth-order valence-electron chi connectivity index (χ4n) is 3.06. The minimum Gasteiger partial charge on any atom is -0.372 e. The number of fused-ring (bicyclic) bond motifs is 1. The number of rotatable bonds is 6. The van der Waals surface area contributed by atoms with Crippen LogP contribution in [0.4, 0.5) is 24.8 Å². The zero-order valence-corrected chi connectivity index (χ0v) is 16.1. The van der Waals surface area contributed by atoms with Crippen molar-refractivity contribution < 1.29 is 17.9 Å². The number of hydrogen-bond acceptors (Lipinski definition) is 6. The lowest BCUT2D eigenvalue weighted by Gasteiger charge is -2.17. The summed E-state index contributed by atoms with van der Waals surface area (Å²) < 4.78 is 46.8. The predicted molar refractivity (Wildman–Crippen MR) is 103 cm³/mol. The van der Waals surface area contributed by atoms with Crippen molar-refractivity contribution in [3.8, 4) is 11.1 Å². The Labute approximate surface area is 169 Å². The van der Waals surface area contributed by atoms with Crippen LogP contribution in [0.25, 0.3) is 16.8 Å². The lowest BCUT2D eigenvalue weighted by atomic mass is 10.1. The minimum atomic E-state index is -4.48. The quantitative estimate of drug-likeness (QED) is 0.518. The van der Waals surface area contributed by atoms with Crippen LogP contribution in [0.15, 0.2) is 48.9 Å². The molecule has 4 aromatic rings. The molecule has 11 heteroatoms. The van der Waals surface area contributed by atoms with E-state index in [1.54, 1.807) is 35.4 Å². The summed E-state index contributed by atoms with van der Waals surface area (Å²) in [6.07, 6.45) is -1.85. The molecule has 0 aromatic carbocycles. The molecule has 0 aliphatic heterocycles. The number of methoxy groups -OCH3 is 1. The second-order valence-electron chi connectivity index (χ2n) is 6.62. The smallest absolute Gasteiger partial charge is 0.372 e. The van der Waals surface area contributed by atoms with Gasteiger partial charge in [0, 0.05) is 39.0 Å². The van der Waals surface area contributed by atoms with Gasteiger partial charge < -0.3 is 10.1 Å². The molecule has 1 atom stereocenters. The average Bonchev–Trinajstić information content (AvgIpc) is 3.31. The number of halogens is 3. The molecule has 0 aliphatic carbocycles. The van der Waals surface area contributed by atoms with E-state index in [-0.39, 0.29) is 5.82 Å². The third-order valence-corrected chi connectivity index (χ3v) is 4.67. The van der Waals surface area contributed by atoms with E-state index in [4.69, 9.17) is 0 Å². The van der Waals surface area contributed by atoms with Crippen molar-refractivity contribution in [2.24, 2.45) is 7.05 Å². The third kappa shape index (κ3) is 3.96. The molecular formula is C19H18F3N7O. The molecule has 1 N–H and O–H groups in total. The third-order valence-electron chi connectivity index (χ3n) is 4.67. The molecule has 30 heavy (non-hydrogen) atoms. The molecular weight excluding hydrogens is 399 g/mol. The topological polar surface area (TPSA) is 82.2 Å². The van der Waals surface area contributed by atoms with Gasteiger partial charge in [-0.1, -0.05) is 0 Å². The van der Waals surface area contributed by atoms with Crippen LogP contribution in [0.1, 0.15) is 5.82 Å². The van der Waals surface area contributed by atoms with E-state index in [9.17, 15) is 13.2 Å². The van der Waals surface area contributed by atoms with Crippen molar-refractivity contribution in [1.82, 2.24) is 29.4 Å². The van der Waals surface area contributed by atoms with E-state index >= 15 is 0 Å². The van der Waals surface area contributed by atoms with Gasteiger partial charge >= 0.3 is 6.18 Å². The summed E-state index contributed by atoms with van der Waals surface area (Å²) in [5.41, 5.74) is 2.14. The summed E-state index contributed by atoms with van der Waals surface area (Å²) >= 11 is 0. The molecule has 0 saturated carbocycles. The second-order valence-corrected chi connectivity index (χ2v) is 6.62. The summed E-state index contributed by atoms with van der Waals surface area (Å²) in [4.78, 5) is 4.31. The number of ether oxygens (including phenoxy) is 1. The summed E-state index contributed by atoms with van der Waals surface area (Å²) in [6, 6.07) is 9.07. The van der Waals surface area contributed by atoms with Crippen molar-refractivity contribution in [2.45, 2.75) is 18.7 Å².